The predicted molar refractivity (Wildman–Crippen MR) is 31.4 cm³/mol. The molecule has 0 saturated carbocycles. The Hall–Kier alpha value is -0.930. The molecule has 53 valence electrons. The van der Waals surface area contributed by atoms with Crippen LogP contribution in [0.5, 0.6) is 0 Å². The Morgan fingerprint density at radius 2 is 2.11 bits per heavy atom. The summed E-state index contributed by atoms with van der Waals surface area (Å²) in [5.74, 6) is 0. The molecule has 0 aliphatic heterocycles. The molecule has 0 aliphatic rings. The molecule has 9 heavy (non-hydrogen) atoms. The van der Waals surface area contributed by atoms with Crippen LogP contribution in [0.4, 0.5) is 0 Å². The fourth-order valence-electron chi connectivity index (χ4n) is 0.267. The van der Waals surface area contributed by atoms with E-state index in [1.807, 2.05) is 0 Å². The van der Waals surface area contributed by atoms with Gasteiger partial charge in [-0.3, -0.25) is 0 Å². The summed E-state index contributed by atoms with van der Waals surface area (Å²) in [6.07, 6.45) is -0.667. The molecule has 4 heteroatoms. The molecule has 0 spiro atoms. The Kier molecular flexibility index (Phi) is 4.67. The number of hydrogen-bond acceptors (Lipinski definition) is 3. The molecule has 4 nitrogen and oxygen atoms in total. The van der Waals surface area contributed by atoms with Gasteiger partial charge < -0.3 is 9.57 Å². The van der Waals surface area contributed by atoms with E-state index >= 15 is 0 Å². The predicted octanol–water partition coefficient (Wildman–Crippen LogP) is 0.761. The summed E-state index contributed by atoms with van der Waals surface area (Å²) in [5, 5.41) is 13.4. The monoisotopic (exact) mass is 132 g/mol. The standard InChI is InChI=1S/C5H10NO3/c1-3-8-5(7)6-9-4-2/h3-4H2,1-2H3. The summed E-state index contributed by atoms with van der Waals surface area (Å²) in [5.41, 5.74) is 0. The van der Waals surface area contributed by atoms with Crippen LogP contribution in [0, 0.1) is 0 Å². The average molecular weight is 132 g/mol. The number of ether oxygens (including phenoxy) is 1. The fourth-order valence-corrected chi connectivity index (χ4v) is 0.267. The van der Waals surface area contributed by atoms with Gasteiger partial charge in [0, 0.05) is 0 Å². The lowest BCUT2D eigenvalue weighted by molar-refractivity contribution is 0.113. The number of oxime groups is 1. The van der Waals surface area contributed by atoms with Crippen molar-refractivity contribution in [3.05, 3.63) is 0 Å². The second-order valence-electron chi connectivity index (χ2n) is 1.21. The van der Waals surface area contributed by atoms with Gasteiger partial charge in [-0.25, -0.2) is 5.11 Å². The van der Waals surface area contributed by atoms with Gasteiger partial charge in [-0.05, 0) is 19.0 Å². The summed E-state index contributed by atoms with van der Waals surface area (Å²) in [4.78, 5) is 4.40. The van der Waals surface area contributed by atoms with Gasteiger partial charge in [-0.1, -0.05) is 0 Å². The van der Waals surface area contributed by atoms with Crippen LogP contribution >= 0.6 is 0 Å². The molecule has 0 fully saturated rings. The third-order valence-corrected chi connectivity index (χ3v) is 0.536. The van der Waals surface area contributed by atoms with Crippen molar-refractivity contribution in [1.29, 1.82) is 0 Å². The molecule has 0 atom stereocenters. The zero-order chi connectivity index (χ0) is 7.11. The minimum atomic E-state index is -0.667. The molecule has 0 aliphatic carbocycles. The first kappa shape index (κ1) is 8.07. The van der Waals surface area contributed by atoms with Crippen molar-refractivity contribution >= 4 is 6.08 Å². The first-order chi connectivity index (χ1) is 4.31. The lowest BCUT2D eigenvalue weighted by Gasteiger charge is -1.94. The van der Waals surface area contributed by atoms with Gasteiger partial charge in [0.05, 0.1) is 6.61 Å². The van der Waals surface area contributed by atoms with Crippen LogP contribution in [0.2, 0.25) is 0 Å². The lowest BCUT2D eigenvalue weighted by Crippen LogP contribution is -2.01. The molecule has 0 saturated heterocycles. The van der Waals surface area contributed by atoms with Gasteiger partial charge in [0.15, 0.2) is 0 Å². The van der Waals surface area contributed by atoms with Gasteiger partial charge in [-0.15, -0.1) is 0 Å². The third-order valence-electron chi connectivity index (χ3n) is 0.536. The van der Waals surface area contributed by atoms with Crippen molar-refractivity contribution in [3.63, 3.8) is 0 Å². The van der Waals surface area contributed by atoms with Gasteiger partial charge in [-0.2, -0.15) is 0 Å². The minimum absolute atomic E-state index is 0.329. The topological polar surface area (TPSA) is 50.7 Å². The van der Waals surface area contributed by atoms with Gasteiger partial charge in [0.1, 0.15) is 6.61 Å². The van der Waals surface area contributed by atoms with E-state index in [2.05, 4.69) is 14.7 Å². The van der Waals surface area contributed by atoms with E-state index in [0.717, 1.165) is 0 Å². The maximum atomic E-state index is 10.3. The first-order valence-corrected chi connectivity index (χ1v) is 2.81. The fraction of sp³-hybridized carbons (Fsp3) is 0.800. The highest BCUT2D eigenvalue weighted by molar-refractivity contribution is 5.62. The van der Waals surface area contributed by atoms with Crippen LogP contribution in [0.1, 0.15) is 13.8 Å². The smallest absolute Gasteiger partial charge is 0.446 e. The molecule has 0 aromatic carbocycles. The van der Waals surface area contributed by atoms with E-state index in [1.165, 1.54) is 0 Å². The summed E-state index contributed by atoms with van der Waals surface area (Å²) >= 11 is 0. The molecule has 0 rings (SSSR count). The highest BCUT2D eigenvalue weighted by atomic mass is 16.7. The Labute approximate surface area is 54.1 Å². The van der Waals surface area contributed by atoms with E-state index in [1.54, 1.807) is 13.8 Å². The molecule has 0 heterocycles. The summed E-state index contributed by atoms with van der Waals surface area (Å²) < 4.78 is 4.41. The highest BCUT2D eigenvalue weighted by Crippen LogP contribution is 1.80. The van der Waals surface area contributed by atoms with Crippen LogP contribution < -0.4 is 0 Å². The molecule has 0 aromatic rings. The van der Waals surface area contributed by atoms with E-state index < -0.39 is 6.08 Å². The third kappa shape index (κ3) is 4.93. The Balaban J connectivity index is 3.30. The maximum absolute atomic E-state index is 10.3. The Morgan fingerprint density at radius 1 is 1.44 bits per heavy atom. The van der Waals surface area contributed by atoms with Crippen molar-refractivity contribution in [3.8, 4) is 0 Å². The largest absolute Gasteiger partial charge is 0.466 e. The van der Waals surface area contributed by atoms with Crippen LogP contribution in [0.15, 0.2) is 5.16 Å². The first-order valence-electron chi connectivity index (χ1n) is 2.81. The van der Waals surface area contributed by atoms with Gasteiger partial charge in [0.25, 0.3) is 0 Å². The molecular formula is C5H10NO3. The molecule has 0 unspecified atom stereocenters. The van der Waals surface area contributed by atoms with Crippen LogP contribution in [-0.2, 0) is 14.7 Å². The van der Waals surface area contributed by atoms with Crippen LogP contribution in [0.25, 0.3) is 0 Å². The van der Waals surface area contributed by atoms with Crippen molar-refractivity contribution in [1.82, 2.24) is 0 Å². The van der Waals surface area contributed by atoms with E-state index in [0.29, 0.717) is 13.2 Å². The highest BCUT2D eigenvalue weighted by Gasteiger charge is 1.94. The number of rotatable bonds is 3. The molecule has 0 bridgehead atoms. The Bertz CT molecular complexity index is 92.2. The zero-order valence-corrected chi connectivity index (χ0v) is 5.59. The van der Waals surface area contributed by atoms with E-state index in [-0.39, 0.29) is 0 Å². The zero-order valence-electron chi connectivity index (χ0n) is 5.59. The van der Waals surface area contributed by atoms with E-state index in [4.69, 9.17) is 0 Å². The second-order valence-corrected chi connectivity index (χ2v) is 1.21. The normalized spacial score (nSPS) is 11.1. The molecule has 0 amide bonds. The second kappa shape index (κ2) is 5.21. The number of hydrogen-bond donors (Lipinski definition) is 0. The summed E-state index contributed by atoms with van der Waals surface area (Å²) in [7, 11) is 0. The van der Waals surface area contributed by atoms with Crippen molar-refractivity contribution in [2.45, 2.75) is 13.8 Å². The molecular weight excluding hydrogens is 122 g/mol. The quantitative estimate of drug-likeness (QED) is 0.323. The molecule has 0 N–H and O–H groups in total. The van der Waals surface area contributed by atoms with Crippen molar-refractivity contribution in [2.75, 3.05) is 13.2 Å². The van der Waals surface area contributed by atoms with Crippen LogP contribution in [0.3, 0.4) is 0 Å². The van der Waals surface area contributed by atoms with E-state index in [9.17, 15) is 5.11 Å². The summed E-state index contributed by atoms with van der Waals surface area (Å²) in [6, 6.07) is 0. The molecule has 0 aromatic heterocycles. The SMILES string of the molecule is CCON=C([O])OCC. The van der Waals surface area contributed by atoms with Crippen molar-refractivity contribution in [2.24, 2.45) is 5.16 Å². The molecule has 1 radical (unpaired) electrons. The summed E-state index contributed by atoms with van der Waals surface area (Å²) in [6.45, 7) is 4.16. The van der Waals surface area contributed by atoms with Gasteiger partial charge in [0.2, 0.25) is 0 Å². The van der Waals surface area contributed by atoms with Crippen LogP contribution in [-0.4, -0.2) is 19.3 Å². The van der Waals surface area contributed by atoms with Gasteiger partial charge >= 0.3 is 6.08 Å². The maximum Gasteiger partial charge on any atom is 0.466 e. The number of nitrogens with zero attached hydrogens (tertiary/aromatic N) is 1. The minimum Gasteiger partial charge on any atom is -0.446 e. The average Bonchev–Trinajstić information content (AvgIpc) is 1.85. The van der Waals surface area contributed by atoms with Crippen molar-refractivity contribution < 1.29 is 14.7 Å². The Morgan fingerprint density at radius 3 is 2.56 bits per heavy atom. The lowest BCUT2D eigenvalue weighted by atomic mass is 10.9.